The monoisotopic (exact) mass is 442 g/mol. The average molecular weight is 442 g/mol. The van der Waals surface area contributed by atoms with Crippen LogP contribution in [-0.4, -0.2) is 24.7 Å². The number of carbonyl (C=O) groups is 1. The van der Waals surface area contributed by atoms with Crippen molar-refractivity contribution in [1.29, 1.82) is 0 Å². The zero-order valence-corrected chi connectivity index (χ0v) is 17.5. The third-order valence-electron chi connectivity index (χ3n) is 5.32. The molecule has 0 aliphatic carbocycles. The minimum atomic E-state index is -4.02. The normalized spacial score (nSPS) is 16.5. The molecule has 5 nitrogen and oxygen atoms in total. The standard InChI is InChI=1S/C23H20F2N2O3S/c1-15-6-9-19(10-7-15)31(29,30)27-14-17-5-3-2-4-16(17)12-22(27)23(28)26-21-13-18(24)8-11-20(21)25/h2-11,13,22H,12,14H2,1H3,(H,26,28)/t22-/m1/s1. The number of halogens is 2. The number of rotatable bonds is 4. The van der Waals surface area contributed by atoms with E-state index in [1.807, 2.05) is 25.1 Å². The third kappa shape index (κ3) is 4.22. The predicted molar refractivity (Wildman–Crippen MR) is 113 cm³/mol. The molecule has 4 rings (SSSR count). The van der Waals surface area contributed by atoms with E-state index in [4.69, 9.17) is 0 Å². The molecule has 0 unspecified atom stereocenters. The number of hydrogen-bond donors (Lipinski definition) is 1. The maximum absolute atomic E-state index is 14.1. The van der Waals surface area contributed by atoms with Crippen LogP contribution in [0.3, 0.4) is 0 Å². The van der Waals surface area contributed by atoms with Gasteiger partial charge in [-0.15, -0.1) is 0 Å². The maximum atomic E-state index is 14.1. The highest BCUT2D eigenvalue weighted by Crippen LogP contribution is 2.30. The molecule has 1 aliphatic heterocycles. The SMILES string of the molecule is Cc1ccc(S(=O)(=O)N2Cc3ccccc3C[C@@H]2C(=O)Nc2cc(F)ccc2F)cc1. The number of amides is 1. The molecule has 0 bridgehead atoms. The topological polar surface area (TPSA) is 66.5 Å². The fourth-order valence-corrected chi connectivity index (χ4v) is 5.20. The van der Waals surface area contributed by atoms with Gasteiger partial charge < -0.3 is 5.32 Å². The van der Waals surface area contributed by atoms with Gasteiger partial charge in [0.25, 0.3) is 0 Å². The second-order valence-corrected chi connectivity index (χ2v) is 9.36. The molecule has 1 atom stereocenters. The number of hydrogen-bond acceptors (Lipinski definition) is 3. The number of nitrogens with zero attached hydrogens (tertiary/aromatic N) is 1. The van der Waals surface area contributed by atoms with Crippen molar-refractivity contribution in [3.8, 4) is 0 Å². The first-order chi connectivity index (χ1) is 14.8. The second-order valence-electron chi connectivity index (χ2n) is 7.47. The maximum Gasteiger partial charge on any atom is 0.244 e. The highest BCUT2D eigenvalue weighted by Gasteiger charge is 2.39. The molecule has 3 aromatic rings. The van der Waals surface area contributed by atoms with Crippen LogP contribution in [-0.2, 0) is 27.8 Å². The Bertz CT molecular complexity index is 1240. The highest BCUT2D eigenvalue weighted by molar-refractivity contribution is 7.89. The van der Waals surface area contributed by atoms with Gasteiger partial charge in [-0.1, -0.05) is 42.0 Å². The summed E-state index contributed by atoms with van der Waals surface area (Å²) in [5.74, 6) is -2.25. The van der Waals surface area contributed by atoms with E-state index in [1.54, 1.807) is 18.2 Å². The summed E-state index contributed by atoms with van der Waals surface area (Å²) in [7, 11) is -4.02. The van der Waals surface area contributed by atoms with Crippen molar-refractivity contribution < 1.29 is 22.0 Å². The van der Waals surface area contributed by atoms with Gasteiger partial charge in [-0.05, 0) is 48.7 Å². The zero-order chi connectivity index (χ0) is 22.2. The summed E-state index contributed by atoms with van der Waals surface area (Å²) in [4.78, 5) is 13.1. The first-order valence-corrected chi connectivity index (χ1v) is 11.1. The van der Waals surface area contributed by atoms with Crippen molar-refractivity contribution in [1.82, 2.24) is 4.31 Å². The number of aryl methyl sites for hydroxylation is 1. The van der Waals surface area contributed by atoms with Crippen LogP contribution in [0, 0.1) is 18.6 Å². The Kier molecular flexibility index (Phi) is 5.60. The van der Waals surface area contributed by atoms with Crippen LogP contribution in [0.1, 0.15) is 16.7 Å². The van der Waals surface area contributed by atoms with Crippen LogP contribution in [0.4, 0.5) is 14.5 Å². The van der Waals surface area contributed by atoms with E-state index >= 15 is 0 Å². The largest absolute Gasteiger partial charge is 0.322 e. The van der Waals surface area contributed by atoms with Crippen LogP contribution in [0.25, 0.3) is 0 Å². The molecule has 1 aliphatic rings. The van der Waals surface area contributed by atoms with Gasteiger partial charge in [-0.25, -0.2) is 17.2 Å². The molecule has 0 fully saturated rings. The van der Waals surface area contributed by atoms with Crippen LogP contribution in [0.5, 0.6) is 0 Å². The summed E-state index contributed by atoms with van der Waals surface area (Å²) < 4.78 is 55.5. The number of fused-ring (bicyclic) bond motifs is 1. The minimum Gasteiger partial charge on any atom is -0.322 e. The molecule has 0 saturated carbocycles. The number of nitrogens with one attached hydrogen (secondary N) is 1. The predicted octanol–water partition coefficient (Wildman–Crippen LogP) is 4.03. The minimum absolute atomic E-state index is 0.00387. The van der Waals surface area contributed by atoms with Gasteiger partial charge in [0.2, 0.25) is 15.9 Å². The van der Waals surface area contributed by atoms with Crippen molar-refractivity contribution in [3.63, 3.8) is 0 Å². The summed E-state index contributed by atoms with van der Waals surface area (Å²) in [5, 5.41) is 2.35. The Balaban J connectivity index is 1.73. The van der Waals surface area contributed by atoms with E-state index < -0.39 is 33.6 Å². The molecule has 0 spiro atoms. The molecule has 0 radical (unpaired) electrons. The molecular weight excluding hydrogens is 422 g/mol. The average Bonchev–Trinajstić information content (AvgIpc) is 2.75. The van der Waals surface area contributed by atoms with Crippen molar-refractivity contribution in [2.75, 3.05) is 5.32 Å². The summed E-state index contributed by atoms with van der Waals surface area (Å²) >= 11 is 0. The van der Waals surface area contributed by atoms with E-state index in [9.17, 15) is 22.0 Å². The van der Waals surface area contributed by atoms with Crippen LogP contribution >= 0.6 is 0 Å². The fourth-order valence-electron chi connectivity index (χ4n) is 3.63. The van der Waals surface area contributed by atoms with Crippen molar-refractivity contribution >= 4 is 21.6 Å². The third-order valence-corrected chi connectivity index (χ3v) is 7.19. The van der Waals surface area contributed by atoms with Gasteiger partial charge >= 0.3 is 0 Å². The van der Waals surface area contributed by atoms with Gasteiger partial charge in [-0.2, -0.15) is 4.31 Å². The quantitative estimate of drug-likeness (QED) is 0.664. The first-order valence-electron chi connectivity index (χ1n) is 9.67. The Morgan fingerprint density at radius 3 is 2.39 bits per heavy atom. The van der Waals surface area contributed by atoms with Gasteiger partial charge in [0, 0.05) is 12.6 Å². The van der Waals surface area contributed by atoms with Crippen LogP contribution in [0.15, 0.2) is 71.6 Å². The lowest BCUT2D eigenvalue weighted by atomic mass is 9.95. The highest BCUT2D eigenvalue weighted by atomic mass is 32.2. The number of anilines is 1. The lowest BCUT2D eigenvalue weighted by molar-refractivity contribution is -0.120. The Morgan fingerprint density at radius 1 is 1.00 bits per heavy atom. The molecule has 1 amide bonds. The van der Waals surface area contributed by atoms with E-state index in [2.05, 4.69) is 5.32 Å². The number of benzene rings is 3. The fraction of sp³-hybridized carbons (Fsp3) is 0.174. The van der Waals surface area contributed by atoms with E-state index in [1.165, 1.54) is 12.1 Å². The van der Waals surface area contributed by atoms with Gasteiger partial charge in [0.15, 0.2) is 0 Å². The second kappa shape index (κ2) is 8.20. The smallest absolute Gasteiger partial charge is 0.244 e. The Labute approximate surface area is 179 Å². The van der Waals surface area contributed by atoms with Gasteiger partial charge in [0.1, 0.15) is 17.7 Å². The lowest BCUT2D eigenvalue weighted by Crippen LogP contribution is -2.50. The molecular formula is C23H20F2N2O3S. The summed E-state index contributed by atoms with van der Waals surface area (Å²) in [5.41, 5.74) is 2.19. The zero-order valence-electron chi connectivity index (χ0n) is 16.7. The molecule has 160 valence electrons. The molecule has 1 N–H and O–H groups in total. The first kappa shape index (κ1) is 21.1. The van der Waals surface area contributed by atoms with Crippen molar-refractivity contribution in [3.05, 3.63) is 95.1 Å². The number of carbonyl (C=O) groups excluding carboxylic acids is 1. The lowest BCUT2D eigenvalue weighted by Gasteiger charge is -2.35. The molecule has 3 aromatic carbocycles. The van der Waals surface area contributed by atoms with E-state index in [0.29, 0.717) is 0 Å². The summed E-state index contributed by atoms with van der Waals surface area (Å²) in [6.07, 6.45) is 0.115. The van der Waals surface area contributed by atoms with Gasteiger partial charge in [-0.3, -0.25) is 4.79 Å². The van der Waals surface area contributed by atoms with Crippen molar-refractivity contribution in [2.45, 2.75) is 30.8 Å². The molecule has 0 saturated heterocycles. The van der Waals surface area contributed by atoms with Gasteiger partial charge in [0.05, 0.1) is 10.6 Å². The van der Waals surface area contributed by atoms with Crippen molar-refractivity contribution in [2.24, 2.45) is 0 Å². The molecule has 8 heteroatoms. The molecule has 1 heterocycles. The van der Waals surface area contributed by atoms with E-state index in [0.717, 1.165) is 39.2 Å². The van der Waals surface area contributed by atoms with Crippen LogP contribution < -0.4 is 5.32 Å². The van der Waals surface area contributed by atoms with Crippen LogP contribution in [0.2, 0.25) is 0 Å². The number of sulfonamides is 1. The Hall–Kier alpha value is -3.10. The summed E-state index contributed by atoms with van der Waals surface area (Å²) in [6, 6.07) is 15.2. The molecule has 31 heavy (non-hydrogen) atoms. The van der Waals surface area contributed by atoms with E-state index in [-0.39, 0.29) is 23.5 Å². The molecule has 0 aromatic heterocycles. The Morgan fingerprint density at radius 2 is 1.68 bits per heavy atom. The summed E-state index contributed by atoms with van der Waals surface area (Å²) in [6.45, 7) is 1.84.